The highest BCUT2D eigenvalue weighted by Gasteiger charge is 2.29. The molecule has 4 N–H and O–H groups in total. The van der Waals surface area contributed by atoms with Crippen LogP contribution < -0.4 is 16.0 Å². The van der Waals surface area contributed by atoms with Crippen molar-refractivity contribution in [1.82, 2.24) is 16.0 Å². The Hall–Kier alpha value is -1.86. The van der Waals surface area contributed by atoms with Crippen LogP contribution >= 0.6 is 11.6 Å². The molecule has 0 saturated heterocycles. The second kappa shape index (κ2) is 8.12. The summed E-state index contributed by atoms with van der Waals surface area (Å²) in [5.74, 6) is -0.386. The maximum absolute atomic E-state index is 13.6. The molecule has 1 saturated carbocycles. The zero-order valence-electron chi connectivity index (χ0n) is 12.4. The van der Waals surface area contributed by atoms with Gasteiger partial charge in [0, 0.05) is 18.2 Å². The predicted molar refractivity (Wildman–Crippen MR) is 83.8 cm³/mol. The van der Waals surface area contributed by atoms with Crippen molar-refractivity contribution in [2.45, 2.75) is 25.4 Å². The first-order valence-electron chi connectivity index (χ1n) is 7.35. The molecule has 0 aliphatic heterocycles. The summed E-state index contributed by atoms with van der Waals surface area (Å²) in [4.78, 5) is 22.1. The van der Waals surface area contributed by atoms with Crippen LogP contribution in [0, 0.1) is 11.7 Å². The quantitative estimate of drug-likeness (QED) is 0.607. The Morgan fingerprint density at radius 2 is 2.09 bits per heavy atom. The Bertz CT molecular complexity index is 579. The molecule has 1 aliphatic rings. The van der Waals surface area contributed by atoms with Crippen LogP contribution in [-0.2, 0) is 11.3 Å². The molecule has 1 fully saturated rings. The number of halogens is 2. The molecule has 2 rings (SSSR count). The van der Waals surface area contributed by atoms with Crippen molar-refractivity contribution in [1.29, 1.82) is 0 Å². The van der Waals surface area contributed by atoms with Crippen molar-refractivity contribution in [2.24, 2.45) is 5.92 Å². The van der Waals surface area contributed by atoms with E-state index in [1.54, 1.807) is 12.1 Å². The molecule has 1 aromatic carbocycles. The zero-order chi connectivity index (χ0) is 16.8. The average molecular weight is 344 g/mol. The molecule has 0 spiro atoms. The summed E-state index contributed by atoms with van der Waals surface area (Å²) in [5, 5.41) is 16.6. The number of carboxylic acid groups (broad SMARTS) is 1. The zero-order valence-corrected chi connectivity index (χ0v) is 13.2. The first-order chi connectivity index (χ1) is 11.0. The maximum atomic E-state index is 13.6. The normalized spacial score (nSPS) is 19.7. The second-order valence-electron chi connectivity index (χ2n) is 5.60. The number of rotatable bonds is 7. The maximum Gasteiger partial charge on any atom is 0.404 e. The van der Waals surface area contributed by atoms with Gasteiger partial charge in [-0.3, -0.25) is 4.79 Å². The van der Waals surface area contributed by atoms with E-state index < -0.39 is 11.9 Å². The molecular formula is C15H19ClFN3O3. The number of nitrogens with one attached hydrogen (secondary N) is 3. The number of amides is 2. The van der Waals surface area contributed by atoms with E-state index >= 15 is 0 Å². The highest BCUT2D eigenvalue weighted by Crippen LogP contribution is 2.26. The fraction of sp³-hybridized carbons (Fsp3) is 0.467. The first-order valence-corrected chi connectivity index (χ1v) is 7.73. The lowest BCUT2D eigenvalue weighted by Gasteiger charge is -2.35. The SMILES string of the molecule is O=C(CNC[C@H]1C[C@H](NC(=O)O)C1)NCc1cccc(Cl)c1F. The largest absolute Gasteiger partial charge is 0.465 e. The Kier molecular flexibility index (Phi) is 6.18. The van der Waals surface area contributed by atoms with E-state index in [2.05, 4.69) is 16.0 Å². The van der Waals surface area contributed by atoms with Crippen molar-refractivity contribution >= 4 is 23.6 Å². The van der Waals surface area contributed by atoms with E-state index in [0.29, 0.717) is 18.0 Å². The van der Waals surface area contributed by atoms with Gasteiger partial charge in [0.15, 0.2) is 0 Å². The summed E-state index contributed by atoms with van der Waals surface area (Å²) < 4.78 is 13.6. The number of hydrogen-bond acceptors (Lipinski definition) is 3. The van der Waals surface area contributed by atoms with E-state index in [1.165, 1.54) is 6.07 Å². The van der Waals surface area contributed by atoms with Gasteiger partial charge in [-0.1, -0.05) is 23.7 Å². The Morgan fingerprint density at radius 1 is 1.35 bits per heavy atom. The number of carbonyl (C=O) groups excluding carboxylic acids is 1. The number of hydrogen-bond donors (Lipinski definition) is 4. The molecule has 8 heteroatoms. The van der Waals surface area contributed by atoms with Crippen LogP contribution in [0.2, 0.25) is 5.02 Å². The van der Waals surface area contributed by atoms with Crippen LogP contribution in [0.3, 0.4) is 0 Å². The van der Waals surface area contributed by atoms with E-state index in [0.717, 1.165) is 12.8 Å². The molecule has 1 aromatic rings. The van der Waals surface area contributed by atoms with Crippen molar-refractivity contribution in [3.63, 3.8) is 0 Å². The fourth-order valence-electron chi connectivity index (χ4n) is 2.53. The molecule has 0 unspecified atom stereocenters. The summed E-state index contributed by atoms with van der Waals surface area (Å²) in [7, 11) is 0. The third-order valence-corrected chi connectivity index (χ3v) is 4.08. The van der Waals surface area contributed by atoms with Gasteiger partial charge < -0.3 is 21.1 Å². The van der Waals surface area contributed by atoms with Crippen molar-refractivity contribution in [3.05, 3.63) is 34.6 Å². The van der Waals surface area contributed by atoms with Gasteiger partial charge in [-0.15, -0.1) is 0 Å². The van der Waals surface area contributed by atoms with Crippen molar-refractivity contribution in [2.75, 3.05) is 13.1 Å². The fourth-order valence-corrected chi connectivity index (χ4v) is 2.72. The van der Waals surface area contributed by atoms with Gasteiger partial charge in [0.2, 0.25) is 5.91 Å². The molecule has 0 atom stereocenters. The van der Waals surface area contributed by atoms with Crippen LogP contribution in [0.25, 0.3) is 0 Å². The lowest BCUT2D eigenvalue weighted by molar-refractivity contribution is -0.120. The van der Waals surface area contributed by atoms with Crippen molar-refractivity contribution in [3.8, 4) is 0 Å². The molecular weight excluding hydrogens is 325 g/mol. The van der Waals surface area contributed by atoms with Gasteiger partial charge in [-0.05, 0) is 31.4 Å². The van der Waals surface area contributed by atoms with E-state index in [4.69, 9.17) is 16.7 Å². The van der Waals surface area contributed by atoms with Gasteiger partial charge in [0.25, 0.3) is 0 Å². The van der Waals surface area contributed by atoms with E-state index in [1.807, 2.05) is 0 Å². The molecule has 0 radical (unpaired) electrons. The first kappa shape index (κ1) is 17.5. The average Bonchev–Trinajstić information content (AvgIpc) is 2.45. The van der Waals surface area contributed by atoms with E-state index in [-0.39, 0.29) is 30.1 Å². The summed E-state index contributed by atoms with van der Waals surface area (Å²) >= 11 is 5.67. The monoisotopic (exact) mass is 343 g/mol. The van der Waals surface area contributed by atoms with Gasteiger partial charge in [-0.2, -0.15) is 0 Å². The molecule has 126 valence electrons. The van der Waals surface area contributed by atoms with Gasteiger partial charge in [0.1, 0.15) is 5.82 Å². The topological polar surface area (TPSA) is 90.5 Å². The smallest absolute Gasteiger partial charge is 0.404 e. The van der Waals surface area contributed by atoms with Crippen LogP contribution in [0.1, 0.15) is 18.4 Å². The number of carbonyl (C=O) groups is 2. The summed E-state index contributed by atoms with van der Waals surface area (Å²) in [5.41, 5.74) is 0.340. The molecule has 23 heavy (non-hydrogen) atoms. The van der Waals surface area contributed by atoms with Gasteiger partial charge in [-0.25, -0.2) is 9.18 Å². The third kappa shape index (κ3) is 5.37. The molecule has 6 nitrogen and oxygen atoms in total. The molecule has 0 aromatic heterocycles. The highest BCUT2D eigenvalue weighted by atomic mass is 35.5. The van der Waals surface area contributed by atoms with Crippen LogP contribution in [0.15, 0.2) is 18.2 Å². The third-order valence-electron chi connectivity index (χ3n) is 3.79. The van der Waals surface area contributed by atoms with Gasteiger partial charge >= 0.3 is 6.09 Å². The standard InChI is InChI=1S/C15H19ClFN3O3/c16-12-3-1-2-10(14(12)17)7-19-13(21)8-18-6-9-4-11(5-9)20-15(22)23/h1-3,9,11,18,20H,4-8H2,(H,19,21)(H,22,23)/t9-,11-. The van der Waals surface area contributed by atoms with Crippen LogP contribution in [0.5, 0.6) is 0 Å². The van der Waals surface area contributed by atoms with Crippen LogP contribution in [0.4, 0.5) is 9.18 Å². The lowest BCUT2D eigenvalue weighted by atomic mass is 9.80. The molecule has 2 amide bonds. The summed E-state index contributed by atoms with van der Waals surface area (Å²) in [6.07, 6.45) is 0.539. The summed E-state index contributed by atoms with van der Waals surface area (Å²) in [6, 6.07) is 4.66. The Balaban J connectivity index is 1.59. The second-order valence-corrected chi connectivity index (χ2v) is 6.01. The van der Waals surface area contributed by atoms with Crippen molar-refractivity contribution < 1.29 is 19.1 Å². The lowest BCUT2D eigenvalue weighted by Crippen LogP contribution is -2.47. The minimum absolute atomic E-state index is 0.0129. The molecule has 0 heterocycles. The Labute approximate surface area is 138 Å². The van der Waals surface area contributed by atoms with Crippen LogP contribution in [-0.4, -0.2) is 36.2 Å². The minimum atomic E-state index is -1.01. The van der Waals surface area contributed by atoms with E-state index in [9.17, 15) is 14.0 Å². The Morgan fingerprint density at radius 3 is 2.78 bits per heavy atom. The van der Waals surface area contributed by atoms with Gasteiger partial charge in [0.05, 0.1) is 11.6 Å². The number of benzene rings is 1. The highest BCUT2D eigenvalue weighted by molar-refractivity contribution is 6.30. The predicted octanol–water partition coefficient (Wildman–Crippen LogP) is 1.73. The molecule has 1 aliphatic carbocycles. The minimum Gasteiger partial charge on any atom is -0.465 e. The summed E-state index contributed by atoms with van der Waals surface area (Å²) in [6.45, 7) is 0.868. The molecule has 0 bridgehead atoms.